The van der Waals surface area contributed by atoms with E-state index in [2.05, 4.69) is 0 Å². The second kappa shape index (κ2) is 6.05. The molecule has 0 saturated carbocycles. The summed E-state index contributed by atoms with van der Waals surface area (Å²) in [6.45, 7) is 0. The van der Waals surface area contributed by atoms with Crippen LogP contribution in [0.2, 0.25) is 0 Å². The first-order valence-corrected chi connectivity index (χ1v) is 8.44. The van der Waals surface area contributed by atoms with Gasteiger partial charge in [0.2, 0.25) is 9.84 Å². The van der Waals surface area contributed by atoms with Crippen LogP contribution in [0.1, 0.15) is 0 Å². The summed E-state index contributed by atoms with van der Waals surface area (Å²) in [5, 5.41) is 11.8. The second-order valence-electron chi connectivity index (χ2n) is 5.10. The molecule has 0 fully saturated rings. The van der Waals surface area contributed by atoms with Crippen molar-refractivity contribution >= 4 is 9.84 Å². The molecule has 0 N–H and O–H groups in total. The Kier molecular flexibility index (Phi) is 4.07. The highest BCUT2D eigenvalue weighted by Gasteiger charge is 2.22. The standard InChI is InChI=1S/C18H11F2O3S/c19-13-7-8-17(21)15(11-13)12-6-9-18(16(20)10-12)24(22,23)14-4-2-1-3-5-14/h1-11H. The fourth-order valence-corrected chi connectivity index (χ4v) is 3.67. The van der Waals surface area contributed by atoms with Gasteiger partial charge >= 0.3 is 0 Å². The van der Waals surface area contributed by atoms with E-state index >= 15 is 0 Å². The minimum atomic E-state index is -4.01. The van der Waals surface area contributed by atoms with Crippen molar-refractivity contribution in [3.8, 4) is 16.9 Å². The molecule has 3 nitrogen and oxygen atoms in total. The van der Waals surface area contributed by atoms with Crippen molar-refractivity contribution in [2.24, 2.45) is 0 Å². The third-order valence-corrected chi connectivity index (χ3v) is 5.33. The molecule has 0 saturated heterocycles. The molecule has 0 aliphatic carbocycles. The summed E-state index contributed by atoms with van der Waals surface area (Å²) >= 11 is 0. The van der Waals surface area contributed by atoms with Crippen LogP contribution in [-0.2, 0) is 14.9 Å². The summed E-state index contributed by atoms with van der Waals surface area (Å²) in [4.78, 5) is -0.534. The predicted octanol–water partition coefficient (Wildman–Crippen LogP) is 4.61. The van der Waals surface area contributed by atoms with E-state index in [9.17, 15) is 22.3 Å². The Balaban J connectivity index is 2.10. The average Bonchev–Trinajstić information content (AvgIpc) is 2.57. The zero-order valence-corrected chi connectivity index (χ0v) is 13.1. The molecule has 0 aromatic heterocycles. The van der Waals surface area contributed by atoms with Gasteiger partial charge in [0.1, 0.15) is 16.5 Å². The molecule has 6 heteroatoms. The molecule has 24 heavy (non-hydrogen) atoms. The van der Waals surface area contributed by atoms with E-state index < -0.39 is 32.1 Å². The highest BCUT2D eigenvalue weighted by Crippen LogP contribution is 2.33. The number of sulfone groups is 1. The molecule has 0 aliphatic heterocycles. The largest absolute Gasteiger partial charge is 0.289 e. The van der Waals surface area contributed by atoms with Crippen molar-refractivity contribution in [1.29, 1.82) is 0 Å². The minimum Gasteiger partial charge on any atom is -0.289 e. The normalized spacial score (nSPS) is 11.4. The van der Waals surface area contributed by atoms with Crippen LogP contribution in [0.25, 0.3) is 11.1 Å². The monoisotopic (exact) mass is 345 g/mol. The molecule has 3 rings (SSSR count). The van der Waals surface area contributed by atoms with Crippen LogP contribution in [-0.4, -0.2) is 8.42 Å². The van der Waals surface area contributed by atoms with E-state index in [0.717, 1.165) is 30.3 Å². The molecular weight excluding hydrogens is 334 g/mol. The van der Waals surface area contributed by atoms with Crippen molar-refractivity contribution in [3.05, 3.63) is 78.4 Å². The number of halogens is 2. The molecule has 0 spiro atoms. The number of benzene rings is 3. The fourth-order valence-electron chi connectivity index (χ4n) is 2.34. The van der Waals surface area contributed by atoms with Crippen molar-refractivity contribution in [2.45, 2.75) is 9.79 Å². The molecule has 121 valence electrons. The SMILES string of the molecule is [O]c1ccc(F)cc1-c1ccc(S(=O)(=O)c2ccccc2)c(F)c1. The molecule has 0 unspecified atom stereocenters. The van der Waals surface area contributed by atoms with Gasteiger partial charge in [-0.1, -0.05) is 24.3 Å². The highest BCUT2D eigenvalue weighted by atomic mass is 32.2. The Morgan fingerprint density at radius 2 is 1.50 bits per heavy atom. The summed E-state index contributed by atoms with van der Waals surface area (Å²) in [6.07, 6.45) is 0. The molecule has 1 radical (unpaired) electrons. The molecule has 0 heterocycles. The van der Waals surface area contributed by atoms with Gasteiger partial charge in [-0.05, 0) is 48.0 Å². The van der Waals surface area contributed by atoms with Crippen LogP contribution < -0.4 is 0 Å². The van der Waals surface area contributed by atoms with Gasteiger partial charge in [0, 0.05) is 5.56 Å². The van der Waals surface area contributed by atoms with E-state index in [1.54, 1.807) is 6.07 Å². The molecule has 3 aromatic carbocycles. The van der Waals surface area contributed by atoms with Gasteiger partial charge in [0.15, 0.2) is 5.75 Å². The Bertz CT molecular complexity index is 1000. The maximum absolute atomic E-state index is 14.4. The van der Waals surface area contributed by atoms with Gasteiger partial charge in [0.05, 0.1) is 4.90 Å². The van der Waals surface area contributed by atoms with Crippen LogP contribution in [0.15, 0.2) is 76.5 Å². The predicted molar refractivity (Wildman–Crippen MR) is 83.8 cm³/mol. The Hall–Kier alpha value is -2.73. The Morgan fingerprint density at radius 1 is 0.792 bits per heavy atom. The maximum Gasteiger partial charge on any atom is 0.209 e. The summed E-state index contributed by atoms with van der Waals surface area (Å²) in [6, 6.07) is 13.8. The van der Waals surface area contributed by atoms with E-state index in [0.29, 0.717) is 0 Å². The van der Waals surface area contributed by atoms with Gasteiger partial charge in [-0.25, -0.2) is 17.2 Å². The molecular formula is C18H11F2O3S. The van der Waals surface area contributed by atoms with Crippen molar-refractivity contribution in [3.63, 3.8) is 0 Å². The third-order valence-electron chi connectivity index (χ3n) is 3.53. The van der Waals surface area contributed by atoms with Crippen molar-refractivity contribution in [2.75, 3.05) is 0 Å². The number of rotatable bonds is 3. The van der Waals surface area contributed by atoms with E-state index in [1.807, 2.05) is 0 Å². The summed E-state index contributed by atoms with van der Waals surface area (Å²) in [5.74, 6) is -2.11. The van der Waals surface area contributed by atoms with E-state index in [-0.39, 0.29) is 16.0 Å². The second-order valence-corrected chi connectivity index (χ2v) is 7.02. The van der Waals surface area contributed by atoms with E-state index in [4.69, 9.17) is 0 Å². The number of hydrogen-bond acceptors (Lipinski definition) is 2. The smallest absolute Gasteiger partial charge is 0.209 e. The zero-order chi connectivity index (χ0) is 17.3. The molecule has 0 bridgehead atoms. The maximum atomic E-state index is 14.4. The number of hydrogen-bond donors (Lipinski definition) is 0. The van der Waals surface area contributed by atoms with Gasteiger partial charge in [-0.3, -0.25) is 5.11 Å². The Morgan fingerprint density at radius 3 is 2.17 bits per heavy atom. The summed E-state index contributed by atoms with van der Waals surface area (Å²) in [7, 11) is -4.01. The Labute approximate surface area is 137 Å². The quantitative estimate of drug-likeness (QED) is 0.696. The lowest BCUT2D eigenvalue weighted by Gasteiger charge is -2.08. The van der Waals surface area contributed by atoms with Crippen molar-refractivity contribution in [1.82, 2.24) is 0 Å². The first-order valence-electron chi connectivity index (χ1n) is 6.96. The lowest BCUT2D eigenvalue weighted by Crippen LogP contribution is -2.04. The van der Waals surface area contributed by atoms with Crippen molar-refractivity contribution < 1.29 is 22.3 Å². The zero-order valence-electron chi connectivity index (χ0n) is 12.2. The van der Waals surface area contributed by atoms with Gasteiger partial charge in [-0.2, -0.15) is 0 Å². The van der Waals surface area contributed by atoms with Crippen LogP contribution in [0.4, 0.5) is 8.78 Å². The fraction of sp³-hybridized carbons (Fsp3) is 0. The molecule has 0 atom stereocenters. The average molecular weight is 345 g/mol. The van der Waals surface area contributed by atoms with Crippen LogP contribution in [0.5, 0.6) is 5.75 Å². The minimum absolute atomic E-state index is 0.0300. The van der Waals surface area contributed by atoms with E-state index in [1.165, 1.54) is 30.3 Å². The van der Waals surface area contributed by atoms with Crippen LogP contribution in [0, 0.1) is 11.6 Å². The first kappa shape index (κ1) is 16.1. The van der Waals surface area contributed by atoms with Crippen LogP contribution >= 0.6 is 0 Å². The summed E-state index contributed by atoms with van der Waals surface area (Å²) < 4.78 is 52.6. The molecule has 0 amide bonds. The van der Waals surface area contributed by atoms with Gasteiger partial charge in [-0.15, -0.1) is 0 Å². The topological polar surface area (TPSA) is 54.0 Å². The first-order chi connectivity index (χ1) is 11.4. The van der Waals surface area contributed by atoms with Gasteiger partial charge < -0.3 is 0 Å². The lowest BCUT2D eigenvalue weighted by atomic mass is 10.0. The third kappa shape index (κ3) is 2.88. The molecule has 0 aliphatic rings. The lowest BCUT2D eigenvalue weighted by molar-refractivity contribution is 0.356. The highest BCUT2D eigenvalue weighted by molar-refractivity contribution is 7.91. The van der Waals surface area contributed by atoms with Crippen LogP contribution in [0.3, 0.4) is 0 Å². The molecule has 3 aromatic rings. The van der Waals surface area contributed by atoms with Gasteiger partial charge in [0.25, 0.3) is 0 Å². The summed E-state index contributed by atoms with van der Waals surface area (Å²) in [5.41, 5.74) is 0.0848.